The molecule has 6 nitrogen and oxygen atoms in total. The van der Waals surface area contributed by atoms with E-state index in [4.69, 9.17) is 9.40 Å². The van der Waals surface area contributed by atoms with Gasteiger partial charge in [-0.2, -0.15) is 0 Å². The van der Waals surface area contributed by atoms with E-state index in [0.717, 1.165) is 21.5 Å². The molecule has 3 heterocycles. The van der Waals surface area contributed by atoms with E-state index in [0.29, 0.717) is 22.3 Å². The van der Waals surface area contributed by atoms with Crippen LogP contribution in [0.3, 0.4) is 0 Å². The fourth-order valence-corrected chi connectivity index (χ4v) is 4.96. The van der Waals surface area contributed by atoms with Crippen molar-refractivity contribution in [1.29, 1.82) is 0 Å². The Bertz CT molecular complexity index is 1410. The molecule has 31 heavy (non-hydrogen) atoms. The quantitative estimate of drug-likeness (QED) is 0.340. The van der Waals surface area contributed by atoms with Gasteiger partial charge in [-0.25, -0.2) is 4.98 Å². The summed E-state index contributed by atoms with van der Waals surface area (Å²) < 4.78 is 5.80. The van der Waals surface area contributed by atoms with Gasteiger partial charge in [0, 0.05) is 16.5 Å². The Balaban J connectivity index is 1.41. The first kappa shape index (κ1) is 19.7. The van der Waals surface area contributed by atoms with Gasteiger partial charge in [0.1, 0.15) is 10.7 Å². The maximum absolute atomic E-state index is 12.9. The zero-order valence-corrected chi connectivity index (χ0v) is 18.5. The number of benzene rings is 2. The summed E-state index contributed by atoms with van der Waals surface area (Å²) in [6, 6.07) is 17.8. The molecule has 154 valence electrons. The number of aromatic nitrogens is 4. The van der Waals surface area contributed by atoms with Crippen molar-refractivity contribution in [3.63, 3.8) is 0 Å². The molecular formula is C23H18N4O2S2. The highest BCUT2D eigenvalue weighted by atomic mass is 32.2. The van der Waals surface area contributed by atoms with Crippen LogP contribution in [0, 0.1) is 6.92 Å². The third-order valence-electron chi connectivity index (χ3n) is 4.91. The largest absolute Gasteiger partial charge is 0.411 e. The van der Waals surface area contributed by atoms with Gasteiger partial charge in [-0.05, 0) is 31.5 Å². The number of nitrogens with one attached hydrogen (secondary N) is 1. The fraction of sp³-hybridized carbons (Fsp3) is 0.130. The first-order valence-electron chi connectivity index (χ1n) is 9.72. The maximum atomic E-state index is 12.9. The van der Waals surface area contributed by atoms with Crippen LogP contribution in [0.2, 0.25) is 0 Å². The minimum Gasteiger partial charge on any atom is -0.411 e. The zero-order chi connectivity index (χ0) is 21.4. The number of hydrogen-bond donors (Lipinski definition) is 1. The first-order valence-corrected chi connectivity index (χ1v) is 11.5. The maximum Gasteiger partial charge on any atom is 0.277 e. The lowest BCUT2D eigenvalue weighted by Crippen LogP contribution is -2.12. The van der Waals surface area contributed by atoms with Gasteiger partial charge < -0.3 is 9.40 Å². The number of rotatable bonds is 5. The van der Waals surface area contributed by atoms with Crippen LogP contribution < -0.4 is 5.56 Å². The Hall–Kier alpha value is -3.23. The summed E-state index contributed by atoms with van der Waals surface area (Å²) in [7, 11) is 0. The molecular weight excluding hydrogens is 428 g/mol. The van der Waals surface area contributed by atoms with E-state index >= 15 is 0 Å². The summed E-state index contributed by atoms with van der Waals surface area (Å²) >= 11 is 2.84. The van der Waals surface area contributed by atoms with Crippen molar-refractivity contribution in [1.82, 2.24) is 20.2 Å². The molecule has 3 aromatic heterocycles. The summed E-state index contributed by atoms with van der Waals surface area (Å²) in [5.41, 5.74) is 3.81. The molecule has 0 bridgehead atoms. The summed E-state index contributed by atoms with van der Waals surface area (Å²) in [4.78, 5) is 21.2. The number of thioether (sulfide) groups is 1. The second-order valence-corrected chi connectivity index (χ2v) is 9.30. The predicted molar refractivity (Wildman–Crippen MR) is 124 cm³/mol. The molecule has 0 aliphatic heterocycles. The Morgan fingerprint density at radius 1 is 1.03 bits per heavy atom. The average Bonchev–Trinajstić information content (AvgIpc) is 3.42. The van der Waals surface area contributed by atoms with E-state index < -0.39 is 0 Å². The van der Waals surface area contributed by atoms with Gasteiger partial charge >= 0.3 is 0 Å². The molecule has 0 aliphatic rings. The molecule has 0 spiro atoms. The first-order chi connectivity index (χ1) is 15.1. The molecule has 2 aromatic carbocycles. The minimum atomic E-state index is -0.161. The highest BCUT2D eigenvalue weighted by Crippen LogP contribution is 2.35. The number of hydrogen-bond acceptors (Lipinski definition) is 7. The Labute approximate surface area is 186 Å². The van der Waals surface area contributed by atoms with Crippen molar-refractivity contribution in [2.45, 2.75) is 24.3 Å². The molecule has 1 N–H and O–H groups in total. The minimum absolute atomic E-state index is 0.140. The van der Waals surface area contributed by atoms with E-state index in [1.807, 2.05) is 73.8 Å². The third-order valence-corrected chi connectivity index (χ3v) is 6.73. The Kier molecular flexibility index (Phi) is 5.17. The second-order valence-electron chi connectivity index (χ2n) is 7.15. The molecule has 5 rings (SSSR count). The van der Waals surface area contributed by atoms with Crippen molar-refractivity contribution in [2.75, 3.05) is 0 Å². The molecule has 0 saturated carbocycles. The van der Waals surface area contributed by atoms with Crippen molar-refractivity contribution in [3.05, 3.63) is 81.7 Å². The second kappa shape index (κ2) is 8.13. The number of thiophene rings is 1. The summed E-state index contributed by atoms with van der Waals surface area (Å²) in [5.74, 6) is 1.05. The van der Waals surface area contributed by atoms with Crippen LogP contribution in [0.1, 0.15) is 23.6 Å². The monoisotopic (exact) mass is 446 g/mol. The lowest BCUT2D eigenvalue weighted by Gasteiger charge is -2.07. The smallest absolute Gasteiger partial charge is 0.277 e. The molecule has 1 unspecified atom stereocenters. The highest BCUT2D eigenvalue weighted by Gasteiger charge is 2.19. The number of nitrogens with zero attached hydrogens (tertiary/aromatic N) is 3. The molecule has 0 fully saturated rings. The van der Waals surface area contributed by atoms with Crippen LogP contribution in [-0.4, -0.2) is 20.2 Å². The molecule has 0 radical (unpaired) electrons. The van der Waals surface area contributed by atoms with Crippen LogP contribution in [-0.2, 0) is 0 Å². The lowest BCUT2D eigenvalue weighted by atomic mass is 10.1. The van der Waals surface area contributed by atoms with E-state index in [-0.39, 0.29) is 10.8 Å². The van der Waals surface area contributed by atoms with Crippen molar-refractivity contribution >= 4 is 33.3 Å². The predicted octanol–water partition coefficient (Wildman–Crippen LogP) is 5.86. The number of aromatic amines is 1. The van der Waals surface area contributed by atoms with Crippen LogP contribution in [0.15, 0.2) is 74.4 Å². The molecule has 0 amide bonds. The summed E-state index contributed by atoms with van der Waals surface area (Å²) in [6.45, 7) is 3.98. The number of H-pyrrole nitrogens is 1. The van der Waals surface area contributed by atoms with E-state index in [2.05, 4.69) is 15.2 Å². The van der Waals surface area contributed by atoms with E-state index in [1.54, 1.807) is 0 Å². The van der Waals surface area contributed by atoms with Crippen molar-refractivity contribution in [2.24, 2.45) is 0 Å². The molecule has 0 aliphatic carbocycles. The van der Waals surface area contributed by atoms with Gasteiger partial charge in [0.25, 0.3) is 10.8 Å². The van der Waals surface area contributed by atoms with Crippen molar-refractivity contribution < 1.29 is 4.42 Å². The van der Waals surface area contributed by atoms with Gasteiger partial charge in [-0.3, -0.25) is 4.79 Å². The third kappa shape index (κ3) is 3.92. The fourth-order valence-electron chi connectivity index (χ4n) is 3.27. The normalized spacial score (nSPS) is 12.3. The summed E-state index contributed by atoms with van der Waals surface area (Å²) in [6.07, 6.45) is 0. The van der Waals surface area contributed by atoms with Gasteiger partial charge in [-0.1, -0.05) is 59.8 Å². The summed E-state index contributed by atoms with van der Waals surface area (Å²) in [5, 5.41) is 11.2. The topological polar surface area (TPSA) is 84.7 Å². The number of fused-ring (bicyclic) bond motifs is 1. The van der Waals surface area contributed by atoms with Gasteiger partial charge in [0.2, 0.25) is 5.89 Å². The molecule has 5 aromatic rings. The van der Waals surface area contributed by atoms with Crippen molar-refractivity contribution in [3.8, 4) is 22.6 Å². The lowest BCUT2D eigenvalue weighted by molar-refractivity contribution is 0.465. The average molecular weight is 447 g/mol. The van der Waals surface area contributed by atoms with Crippen LogP contribution in [0.5, 0.6) is 0 Å². The van der Waals surface area contributed by atoms with Crippen LogP contribution >= 0.6 is 23.1 Å². The van der Waals surface area contributed by atoms with E-state index in [9.17, 15) is 4.79 Å². The zero-order valence-electron chi connectivity index (χ0n) is 16.8. The number of aryl methyl sites for hydroxylation is 1. The molecule has 1 atom stereocenters. The van der Waals surface area contributed by atoms with Crippen LogP contribution in [0.25, 0.3) is 32.8 Å². The standard InChI is InChI=1S/C23H18N4O2S2/c1-13-8-10-16(11-9-13)21-26-27-23(29-21)31-14(2)19-24-20(28)18-17(12-30-22(18)25-19)15-6-4-3-5-7-15/h3-12,14H,1-2H3,(H,24,25,28). The van der Waals surface area contributed by atoms with E-state index in [1.165, 1.54) is 28.7 Å². The SMILES string of the molecule is Cc1ccc(-c2nnc(SC(C)c3nc4scc(-c5ccccc5)c4c(=O)[nH]3)o2)cc1. The Morgan fingerprint density at radius 3 is 2.58 bits per heavy atom. The van der Waals surface area contributed by atoms with Crippen LogP contribution in [0.4, 0.5) is 0 Å². The highest BCUT2D eigenvalue weighted by molar-refractivity contribution is 7.99. The van der Waals surface area contributed by atoms with Gasteiger partial charge in [0.05, 0.1) is 10.6 Å². The Morgan fingerprint density at radius 2 is 1.81 bits per heavy atom. The molecule has 0 saturated heterocycles. The molecule has 8 heteroatoms. The van der Waals surface area contributed by atoms with Gasteiger partial charge in [-0.15, -0.1) is 21.5 Å². The van der Waals surface area contributed by atoms with Gasteiger partial charge in [0.15, 0.2) is 0 Å².